The molecule has 20 heavy (non-hydrogen) atoms. The first-order chi connectivity index (χ1) is 9.70. The van der Waals surface area contributed by atoms with Crippen LogP contribution in [0.1, 0.15) is 34.8 Å². The number of fused-ring (bicyclic) bond motifs is 1. The maximum Gasteiger partial charge on any atom is 0.199 e. The van der Waals surface area contributed by atoms with Crippen molar-refractivity contribution in [3.8, 4) is 0 Å². The number of anilines is 1. The van der Waals surface area contributed by atoms with E-state index in [2.05, 4.69) is 44.5 Å². The Morgan fingerprint density at radius 3 is 3.05 bits per heavy atom. The summed E-state index contributed by atoms with van der Waals surface area (Å²) in [5, 5.41) is 22.6. The first kappa shape index (κ1) is 12.5. The lowest BCUT2D eigenvalue weighted by Gasteiger charge is -2.15. The van der Waals surface area contributed by atoms with E-state index in [0.717, 1.165) is 12.8 Å². The van der Waals surface area contributed by atoms with Gasteiger partial charge in [0.25, 0.3) is 0 Å². The van der Waals surface area contributed by atoms with Crippen molar-refractivity contribution in [2.75, 3.05) is 5.73 Å². The molecular formula is C13H15N5O2. The fourth-order valence-corrected chi connectivity index (χ4v) is 2.66. The van der Waals surface area contributed by atoms with E-state index in [0.29, 0.717) is 0 Å². The van der Waals surface area contributed by atoms with Crippen LogP contribution in [0.25, 0.3) is 0 Å². The second-order valence-electron chi connectivity index (χ2n) is 4.82. The normalized spacial score (nSPS) is 18.1. The van der Waals surface area contributed by atoms with Gasteiger partial charge >= 0.3 is 0 Å². The highest BCUT2D eigenvalue weighted by Crippen LogP contribution is 2.33. The van der Waals surface area contributed by atoms with Gasteiger partial charge in [0.05, 0.1) is 6.04 Å². The summed E-state index contributed by atoms with van der Waals surface area (Å²) in [5.41, 5.74) is 9.65. The number of rotatable bonds is 2. The Morgan fingerprint density at radius 1 is 1.50 bits per heavy atom. The highest BCUT2D eigenvalue weighted by Gasteiger charge is 2.26. The Kier molecular flexibility index (Phi) is 3.02. The predicted octanol–water partition coefficient (Wildman–Crippen LogP) is 1.37. The van der Waals surface area contributed by atoms with Crippen LogP contribution in [-0.4, -0.2) is 21.4 Å². The molecule has 7 nitrogen and oxygen atoms in total. The first-order valence-electron chi connectivity index (χ1n) is 6.36. The van der Waals surface area contributed by atoms with Gasteiger partial charge in [-0.15, -0.1) is 0 Å². The lowest BCUT2D eigenvalue weighted by atomic mass is 10.0. The monoisotopic (exact) mass is 273 g/mol. The molecule has 7 heteroatoms. The summed E-state index contributed by atoms with van der Waals surface area (Å²) in [4.78, 5) is 0. The minimum absolute atomic E-state index is 0.0619. The van der Waals surface area contributed by atoms with Gasteiger partial charge in [-0.25, -0.2) is 4.63 Å². The minimum atomic E-state index is 0.0619. The van der Waals surface area contributed by atoms with Gasteiger partial charge in [-0.05, 0) is 46.8 Å². The van der Waals surface area contributed by atoms with E-state index in [4.69, 9.17) is 10.9 Å². The number of oxime groups is 1. The van der Waals surface area contributed by atoms with Crippen LogP contribution in [-0.2, 0) is 6.42 Å². The standard InChI is InChI=1S/C13H15N5O2/c1-7-3-2-4-9-8(7)5-6-10(9)15-13(16-19)11-12(14)18-20-17-11/h2-4,10,19H,5-6H2,1H3,(H2,14,18)(H,15,16). The molecule has 1 atom stereocenters. The fraction of sp³-hybridized carbons (Fsp3) is 0.308. The molecule has 1 aliphatic carbocycles. The van der Waals surface area contributed by atoms with E-state index >= 15 is 0 Å². The van der Waals surface area contributed by atoms with Crippen molar-refractivity contribution >= 4 is 11.7 Å². The zero-order valence-electron chi connectivity index (χ0n) is 11.0. The van der Waals surface area contributed by atoms with Gasteiger partial charge in [-0.1, -0.05) is 23.4 Å². The molecule has 0 aliphatic heterocycles. The average Bonchev–Trinajstić information content (AvgIpc) is 3.04. The highest BCUT2D eigenvalue weighted by atomic mass is 16.6. The van der Waals surface area contributed by atoms with Crippen LogP contribution in [0.15, 0.2) is 28.0 Å². The van der Waals surface area contributed by atoms with E-state index in [1.165, 1.54) is 16.7 Å². The first-order valence-corrected chi connectivity index (χ1v) is 6.36. The smallest absolute Gasteiger partial charge is 0.199 e. The number of hydrogen-bond donors (Lipinski definition) is 3. The van der Waals surface area contributed by atoms with Crippen molar-refractivity contribution < 1.29 is 9.84 Å². The maximum atomic E-state index is 9.15. The van der Waals surface area contributed by atoms with Crippen LogP contribution in [0.3, 0.4) is 0 Å². The molecule has 0 bridgehead atoms. The Bertz CT molecular complexity index is 665. The van der Waals surface area contributed by atoms with E-state index in [9.17, 15) is 0 Å². The van der Waals surface area contributed by atoms with Crippen molar-refractivity contribution in [2.24, 2.45) is 5.16 Å². The third-order valence-corrected chi connectivity index (χ3v) is 3.65. The number of aromatic nitrogens is 2. The molecule has 1 heterocycles. The second kappa shape index (κ2) is 4.84. The summed E-state index contributed by atoms with van der Waals surface area (Å²) in [6, 6.07) is 6.26. The molecule has 0 saturated heterocycles. The van der Waals surface area contributed by atoms with Gasteiger partial charge in [0.1, 0.15) is 0 Å². The summed E-state index contributed by atoms with van der Waals surface area (Å²) in [5.74, 6) is 0.260. The van der Waals surface area contributed by atoms with Gasteiger partial charge in [-0.3, -0.25) is 0 Å². The number of nitrogens with two attached hydrogens (primary N) is 1. The molecule has 0 amide bonds. The predicted molar refractivity (Wildman–Crippen MR) is 72.4 cm³/mol. The van der Waals surface area contributed by atoms with Crippen LogP contribution in [0, 0.1) is 6.92 Å². The van der Waals surface area contributed by atoms with Gasteiger partial charge in [0.15, 0.2) is 17.3 Å². The fourth-order valence-electron chi connectivity index (χ4n) is 2.66. The quantitative estimate of drug-likeness (QED) is 0.330. The molecule has 2 aromatic rings. The Hall–Kier alpha value is -2.57. The topological polar surface area (TPSA) is 110 Å². The van der Waals surface area contributed by atoms with Crippen LogP contribution in [0.2, 0.25) is 0 Å². The summed E-state index contributed by atoms with van der Waals surface area (Å²) in [7, 11) is 0. The Morgan fingerprint density at radius 2 is 2.35 bits per heavy atom. The zero-order valence-corrected chi connectivity index (χ0v) is 11.0. The molecule has 1 aromatic heterocycles. The SMILES string of the molecule is Cc1cccc2c1CCC2NC(=NO)c1nonc1N. The number of hydrogen-bond acceptors (Lipinski definition) is 6. The Balaban J connectivity index is 1.87. The summed E-state index contributed by atoms with van der Waals surface area (Å²) in [6.07, 6.45) is 1.91. The van der Waals surface area contributed by atoms with Gasteiger partial charge in [-0.2, -0.15) is 0 Å². The van der Waals surface area contributed by atoms with Gasteiger partial charge in [0, 0.05) is 0 Å². The number of aryl methyl sites for hydroxylation is 1. The molecular weight excluding hydrogens is 258 g/mol. The van der Waals surface area contributed by atoms with E-state index in [1.54, 1.807) is 0 Å². The maximum absolute atomic E-state index is 9.15. The third-order valence-electron chi connectivity index (χ3n) is 3.65. The van der Waals surface area contributed by atoms with E-state index in [-0.39, 0.29) is 23.4 Å². The second-order valence-corrected chi connectivity index (χ2v) is 4.82. The molecule has 3 rings (SSSR count). The number of amidine groups is 1. The van der Waals surface area contributed by atoms with E-state index in [1.807, 2.05) is 6.07 Å². The molecule has 0 fully saturated rings. The summed E-state index contributed by atoms with van der Waals surface area (Å²) < 4.78 is 4.52. The molecule has 0 saturated carbocycles. The summed E-state index contributed by atoms with van der Waals surface area (Å²) in [6.45, 7) is 2.10. The molecule has 104 valence electrons. The van der Waals surface area contributed by atoms with Crippen molar-refractivity contribution in [1.29, 1.82) is 0 Å². The third kappa shape index (κ3) is 1.97. The number of nitrogen functional groups attached to an aromatic ring is 1. The van der Waals surface area contributed by atoms with Crippen LogP contribution in [0.5, 0.6) is 0 Å². The lowest BCUT2D eigenvalue weighted by molar-refractivity contribution is 0.303. The highest BCUT2D eigenvalue weighted by molar-refractivity contribution is 6.00. The van der Waals surface area contributed by atoms with E-state index < -0.39 is 0 Å². The van der Waals surface area contributed by atoms with Gasteiger partial charge < -0.3 is 16.3 Å². The van der Waals surface area contributed by atoms with Crippen LogP contribution >= 0.6 is 0 Å². The molecule has 1 aromatic carbocycles. The zero-order chi connectivity index (χ0) is 14.1. The van der Waals surface area contributed by atoms with Crippen molar-refractivity contribution in [1.82, 2.24) is 15.6 Å². The minimum Gasteiger partial charge on any atom is -0.409 e. The summed E-state index contributed by atoms with van der Waals surface area (Å²) >= 11 is 0. The van der Waals surface area contributed by atoms with Crippen LogP contribution < -0.4 is 11.1 Å². The molecule has 4 N–H and O–H groups in total. The van der Waals surface area contributed by atoms with Crippen molar-refractivity contribution in [3.05, 3.63) is 40.6 Å². The van der Waals surface area contributed by atoms with Crippen LogP contribution in [0.4, 0.5) is 5.82 Å². The molecule has 0 spiro atoms. The largest absolute Gasteiger partial charge is 0.409 e. The van der Waals surface area contributed by atoms with Crippen molar-refractivity contribution in [2.45, 2.75) is 25.8 Å². The number of nitrogens with zero attached hydrogens (tertiary/aromatic N) is 3. The molecule has 1 unspecified atom stereocenters. The average molecular weight is 273 g/mol. The van der Waals surface area contributed by atoms with Gasteiger partial charge in [0.2, 0.25) is 0 Å². The van der Waals surface area contributed by atoms with Crippen molar-refractivity contribution in [3.63, 3.8) is 0 Å². The Labute approximate surface area is 115 Å². The number of nitrogens with one attached hydrogen (secondary N) is 1. The molecule has 1 aliphatic rings. The lowest BCUT2D eigenvalue weighted by Crippen LogP contribution is -2.29. The molecule has 0 radical (unpaired) electrons. The number of benzene rings is 1.